The fourth-order valence-electron chi connectivity index (χ4n) is 7.25. The van der Waals surface area contributed by atoms with Crippen LogP contribution in [0.1, 0.15) is 206 Å². The first-order valence-electron chi connectivity index (χ1n) is 26.1. The Hall–Kier alpha value is -3.49. The van der Waals surface area contributed by atoms with Crippen LogP contribution in [-0.4, -0.2) is 75.5 Å². The molecule has 0 aliphatic rings. The zero-order valence-corrected chi connectivity index (χ0v) is 42.4. The van der Waals surface area contributed by atoms with E-state index in [0.29, 0.717) is 12.8 Å². The van der Waals surface area contributed by atoms with Gasteiger partial charge >= 0.3 is 11.9 Å². The van der Waals surface area contributed by atoms with Gasteiger partial charge in [-0.05, 0) is 89.9 Å². The molecule has 372 valence electrons. The maximum absolute atomic E-state index is 12.8. The summed E-state index contributed by atoms with van der Waals surface area (Å²) in [6, 6.07) is -0.738. The molecular weight excluding hydrogens is 811 g/mol. The summed E-state index contributed by atoms with van der Waals surface area (Å²) in [5.41, 5.74) is 0. The number of rotatable bonds is 46. The van der Waals surface area contributed by atoms with Gasteiger partial charge in [0.05, 0.1) is 40.3 Å². The molecule has 0 aliphatic carbocycles. The summed E-state index contributed by atoms with van der Waals surface area (Å²) in [6.07, 6.45) is 61.8. The number of carbonyl (C=O) groups excluding carboxylic acids is 3. The van der Waals surface area contributed by atoms with Gasteiger partial charge in [0.2, 0.25) is 0 Å². The number of carboxylic acids is 1. The topological polar surface area (TPSA) is 102 Å². The number of allylic oxidation sites excluding steroid dienone is 14. The van der Waals surface area contributed by atoms with Crippen LogP contribution in [-0.2, 0) is 28.6 Å². The van der Waals surface area contributed by atoms with E-state index < -0.39 is 18.1 Å². The van der Waals surface area contributed by atoms with Gasteiger partial charge in [-0.3, -0.25) is 9.59 Å². The predicted molar refractivity (Wildman–Crippen MR) is 272 cm³/mol. The van der Waals surface area contributed by atoms with Gasteiger partial charge in [0.1, 0.15) is 12.6 Å². The van der Waals surface area contributed by atoms with E-state index in [2.05, 4.69) is 98.9 Å². The van der Waals surface area contributed by atoms with Crippen LogP contribution in [0.4, 0.5) is 0 Å². The molecule has 65 heavy (non-hydrogen) atoms. The van der Waals surface area contributed by atoms with Crippen LogP contribution in [0.25, 0.3) is 0 Å². The smallest absolute Gasteiger partial charge is 0.306 e. The summed E-state index contributed by atoms with van der Waals surface area (Å²) >= 11 is 0. The van der Waals surface area contributed by atoms with Crippen molar-refractivity contribution in [1.29, 1.82) is 0 Å². The largest absolute Gasteiger partial charge is 0.544 e. The van der Waals surface area contributed by atoms with Gasteiger partial charge in [0.15, 0.2) is 6.10 Å². The maximum atomic E-state index is 12.8. The Balaban J connectivity index is 4.34. The zero-order valence-electron chi connectivity index (χ0n) is 42.4. The minimum atomic E-state index is -1.13. The number of hydrogen-bond acceptors (Lipinski definition) is 7. The molecule has 0 saturated heterocycles. The molecule has 0 amide bonds. The van der Waals surface area contributed by atoms with Crippen LogP contribution < -0.4 is 5.11 Å². The number of nitrogens with zero attached hydrogens (tertiary/aromatic N) is 1. The number of quaternary nitrogens is 1. The molecule has 0 rings (SSSR count). The van der Waals surface area contributed by atoms with Crippen molar-refractivity contribution < 1.29 is 38.2 Å². The molecule has 0 heterocycles. The van der Waals surface area contributed by atoms with Crippen molar-refractivity contribution in [2.24, 2.45) is 0 Å². The molecule has 0 radical (unpaired) electrons. The molecule has 0 bridgehead atoms. The van der Waals surface area contributed by atoms with E-state index in [0.717, 1.165) is 77.0 Å². The second kappa shape index (κ2) is 47.0. The number of esters is 2. The van der Waals surface area contributed by atoms with E-state index >= 15 is 0 Å². The van der Waals surface area contributed by atoms with Gasteiger partial charge in [-0.1, -0.05) is 182 Å². The highest BCUT2D eigenvalue weighted by Gasteiger charge is 2.25. The second-order valence-corrected chi connectivity index (χ2v) is 18.4. The Morgan fingerprint density at radius 1 is 0.477 bits per heavy atom. The van der Waals surface area contributed by atoms with Crippen LogP contribution in [0.5, 0.6) is 0 Å². The van der Waals surface area contributed by atoms with Crippen LogP contribution >= 0.6 is 0 Å². The minimum Gasteiger partial charge on any atom is -0.544 e. The highest BCUT2D eigenvalue weighted by atomic mass is 16.6. The van der Waals surface area contributed by atoms with Gasteiger partial charge < -0.3 is 28.6 Å². The molecule has 8 nitrogen and oxygen atoms in total. The first-order valence-corrected chi connectivity index (χ1v) is 26.1. The number of likely N-dealkylation sites (N-methyl/N-ethyl adjacent to an activating group) is 1. The maximum Gasteiger partial charge on any atom is 0.306 e. The normalized spacial score (nSPS) is 13.6. The number of ether oxygens (including phenoxy) is 3. The third-order valence-electron chi connectivity index (χ3n) is 11.3. The van der Waals surface area contributed by atoms with E-state index in [9.17, 15) is 19.5 Å². The van der Waals surface area contributed by atoms with E-state index in [-0.39, 0.29) is 49.1 Å². The Kier molecular flexibility index (Phi) is 44.5. The van der Waals surface area contributed by atoms with Gasteiger partial charge in [0.25, 0.3) is 0 Å². The first kappa shape index (κ1) is 61.5. The molecule has 2 atom stereocenters. The molecule has 0 aliphatic heterocycles. The van der Waals surface area contributed by atoms with Gasteiger partial charge in [0, 0.05) is 19.3 Å². The standard InChI is InChI=1S/C57H97NO7/c1-6-8-10-12-14-16-18-20-22-24-26-27-28-30-32-34-36-38-40-42-44-46-48-56(60)65-53(51-63-50-49-54(57(61)62)58(3,4)5)52-64-55(59)47-45-43-41-39-37-35-33-31-29-25-23-21-19-17-15-13-11-9-7-2/h8,10,14,16,20,22,25-27,29-30,32,36,38,53-54H,6-7,9,11-13,15,17-19,21,23-24,28,31,33-35,37,39-52H2,1-5H3/b10-8+,16-14+,22-20+,27-26+,29-25+,32-30+,38-36+. The van der Waals surface area contributed by atoms with E-state index in [1.165, 1.54) is 89.9 Å². The molecular formula is C57H97NO7. The Morgan fingerprint density at radius 2 is 0.862 bits per heavy atom. The first-order chi connectivity index (χ1) is 31.6. The summed E-state index contributed by atoms with van der Waals surface area (Å²) in [5.74, 6) is -1.79. The van der Waals surface area contributed by atoms with Crippen molar-refractivity contribution in [2.45, 2.75) is 219 Å². The Labute approximate surface area is 399 Å². The summed E-state index contributed by atoms with van der Waals surface area (Å²) in [7, 11) is 5.40. The molecule has 2 unspecified atom stereocenters. The lowest BCUT2D eigenvalue weighted by atomic mass is 10.1. The van der Waals surface area contributed by atoms with Gasteiger partial charge in [-0.15, -0.1) is 0 Å². The van der Waals surface area contributed by atoms with Crippen LogP contribution in [0, 0.1) is 0 Å². The fourth-order valence-corrected chi connectivity index (χ4v) is 7.25. The predicted octanol–water partition coefficient (Wildman–Crippen LogP) is 13.9. The lowest BCUT2D eigenvalue weighted by Gasteiger charge is -2.34. The molecule has 0 N–H and O–H groups in total. The van der Waals surface area contributed by atoms with Crippen molar-refractivity contribution in [3.63, 3.8) is 0 Å². The molecule has 0 aromatic rings. The van der Waals surface area contributed by atoms with Gasteiger partial charge in [-0.2, -0.15) is 0 Å². The zero-order chi connectivity index (χ0) is 47.7. The van der Waals surface area contributed by atoms with Crippen molar-refractivity contribution >= 4 is 17.9 Å². The number of unbranched alkanes of at least 4 members (excludes halogenated alkanes) is 18. The average Bonchev–Trinajstić information content (AvgIpc) is 3.27. The van der Waals surface area contributed by atoms with E-state index in [4.69, 9.17) is 14.2 Å². The van der Waals surface area contributed by atoms with E-state index in [1.807, 2.05) is 0 Å². The highest BCUT2D eigenvalue weighted by molar-refractivity contribution is 5.70. The Bertz CT molecular complexity index is 1330. The number of carboxylic acid groups (broad SMARTS) is 1. The molecule has 8 heteroatoms. The quantitative estimate of drug-likeness (QED) is 0.0259. The molecule has 0 aromatic carbocycles. The lowest BCUT2D eigenvalue weighted by molar-refractivity contribution is -0.889. The Morgan fingerprint density at radius 3 is 1.31 bits per heavy atom. The lowest BCUT2D eigenvalue weighted by Crippen LogP contribution is -2.55. The number of carbonyl (C=O) groups is 3. The van der Waals surface area contributed by atoms with Gasteiger partial charge in [-0.25, -0.2) is 0 Å². The minimum absolute atomic E-state index is 0.0215. The van der Waals surface area contributed by atoms with Crippen molar-refractivity contribution in [3.05, 3.63) is 85.1 Å². The molecule has 0 saturated carbocycles. The monoisotopic (exact) mass is 908 g/mol. The van der Waals surface area contributed by atoms with Crippen molar-refractivity contribution in [3.8, 4) is 0 Å². The van der Waals surface area contributed by atoms with Crippen LogP contribution in [0.3, 0.4) is 0 Å². The summed E-state index contributed by atoms with van der Waals surface area (Å²) in [6.45, 7) is 4.51. The van der Waals surface area contributed by atoms with E-state index in [1.54, 1.807) is 21.1 Å². The third kappa shape index (κ3) is 45.5. The summed E-state index contributed by atoms with van der Waals surface area (Å²) in [5, 5.41) is 11.7. The van der Waals surface area contributed by atoms with Crippen LogP contribution in [0.2, 0.25) is 0 Å². The van der Waals surface area contributed by atoms with Crippen molar-refractivity contribution in [1.82, 2.24) is 0 Å². The molecule has 0 spiro atoms. The number of aliphatic carboxylic acids is 1. The number of hydrogen-bond donors (Lipinski definition) is 0. The molecule has 0 fully saturated rings. The SMILES string of the molecule is CC/C=C/C/C=C/C/C=C/C/C=C/C/C=C/C/C=C/CCCCCC(=O)OC(COCCC(C(=O)[O-])[N+](C)(C)C)COC(=O)CCCCCCCCC/C=C/CCCCCCCCCC. The third-order valence-corrected chi connectivity index (χ3v) is 11.3. The average molecular weight is 908 g/mol. The molecule has 0 aromatic heterocycles. The summed E-state index contributed by atoms with van der Waals surface area (Å²) in [4.78, 5) is 37.1. The fraction of sp³-hybridized carbons (Fsp3) is 0.702. The van der Waals surface area contributed by atoms with Crippen molar-refractivity contribution in [2.75, 3.05) is 41.0 Å². The highest BCUT2D eigenvalue weighted by Crippen LogP contribution is 2.14. The second-order valence-electron chi connectivity index (χ2n) is 18.4. The summed E-state index contributed by atoms with van der Waals surface area (Å²) < 4.78 is 17.2. The van der Waals surface area contributed by atoms with Crippen LogP contribution in [0.15, 0.2) is 85.1 Å².